The molecule has 1 rings (SSSR count). The lowest BCUT2D eigenvalue weighted by molar-refractivity contribution is -0.114. The Morgan fingerprint density at radius 2 is 2.00 bits per heavy atom. The average Bonchev–Trinajstić information content (AvgIpc) is 2.42. The predicted molar refractivity (Wildman–Crippen MR) is 69.9 cm³/mol. The predicted octanol–water partition coefficient (Wildman–Crippen LogP) is 1.45. The largest absolute Gasteiger partial charge is 0.507 e. The Morgan fingerprint density at radius 1 is 1.32 bits per heavy atom. The van der Waals surface area contributed by atoms with E-state index in [4.69, 9.17) is 4.74 Å². The van der Waals surface area contributed by atoms with Gasteiger partial charge in [0.05, 0.1) is 12.2 Å². The third kappa shape index (κ3) is 4.09. The van der Waals surface area contributed by atoms with Gasteiger partial charge in [-0.05, 0) is 19.1 Å². The number of hydrogen-bond acceptors (Lipinski definition) is 5. The topological polar surface area (TPSA) is 88.0 Å². The molecule has 0 atom stereocenters. The summed E-state index contributed by atoms with van der Waals surface area (Å²) in [5, 5.41) is 13.1. The first-order chi connectivity index (χ1) is 9.10. The number of ether oxygens (including phenoxy) is 1. The summed E-state index contributed by atoms with van der Waals surface area (Å²) >= 11 is 0. The maximum absolute atomic E-state index is 11.7. The molecule has 0 spiro atoms. The number of hydrogen-bond donors (Lipinski definition) is 2. The molecule has 1 aromatic carbocycles. The van der Waals surface area contributed by atoms with Gasteiger partial charge < -0.3 is 9.84 Å². The van der Waals surface area contributed by atoms with Crippen LogP contribution in [0.1, 0.15) is 30.6 Å². The number of benzene rings is 1. The fourth-order valence-electron chi connectivity index (χ4n) is 1.29. The first-order valence-electron chi connectivity index (χ1n) is 5.92. The molecule has 2 N–H and O–H groups in total. The van der Waals surface area contributed by atoms with E-state index < -0.39 is 5.91 Å². The van der Waals surface area contributed by atoms with E-state index in [-0.39, 0.29) is 36.0 Å². The number of nitrogens with zero attached hydrogens (tertiary/aromatic N) is 1. The molecule has 0 aliphatic rings. The lowest BCUT2D eigenvalue weighted by Gasteiger charge is -2.06. The molecule has 0 saturated heterocycles. The van der Waals surface area contributed by atoms with Crippen molar-refractivity contribution in [1.29, 1.82) is 0 Å². The quantitative estimate of drug-likeness (QED) is 0.478. The Morgan fingerprint density at radius 3 is 2.58 bits per heavy atom. The Balaban J connectivity index is 2.81. The number of carbonyl (C=O) groups excluding carboxylic acids is 2. The summed E-state index contributed by atoms with van der Waals surface area (Å²) in [4.78, 5) is 23.2. The molecule has 0 heterocycles. The molecule has 0 aliphatic heterocycles. The van der Waals surface area contributed by atoms with Gasteiger partial charge in [-0.15, -0.1) is 5.10 Å². The van der Waals surface area contributed by atoms with Crippen molar-refractivity contribution in [2.45, 2.75) is 20.3 Å². The van der Waals surface area contributed by atoms with E-state index in [0.717, 1.165) is 0 Å². The summed E-state index contributed by atoms with van der Waals surface area (Å²) < 4.78 is 5.03. The monoisotopic (exact) mass is 264 g/mol. The van der Waals surface area contributed by atoms with E-state index in [0.29, 0.717) is 0 Å². The fourth-order valence-corrected chi connectivity index (χ4v) is 1.29. The number of rotatable bonds is 5. The summed E-state index contributed by atoms with van der Waals surface area (Å²) in [5.41, 5.74) is 2.26. The van der Waals surface area contributed by atoms with Crippen molar-refractivity contribution in [3.63, 3.8) is 0 Å². The Hall–Kier alpha value is -2.37. The molecule has 0 fully saturated rings. The van der Waals surface area contributed by atoms with Crippen molar-refractivity contribution < 1.29 is 19.4 Å². The summed E-state index contributed by atoms with van der Waals surface area (Å²) in [7, 11) is 0. The zero-order valence-electron chi connectivity index (χ0n) is 10.8. The van der Waals surface area contributed by atoms with E-state index in [1.165, 1.54) is 12.1 Å². The molecule has 1 aromatic rings. The van der Waals surface area contributed by atoms with Gasteiger partial charge in [0.2, 0.25) is 5.78 Å². The van der Waals surface area contributed by atoms with Crippen LogP contribution in [0.2, 0.25) is 0 Å². The molecule has 0 aromatic heterocycles. The van der Waals surface area contributed by atoms with Crippen LogP contribution in [0.4, 0.5) is 0 Å². The summed E-state index contributed by atoms with van der Waals surface area (Å²) in [6.45, 7) is 3.65. The smallest absolute Gasteiger partial charge is 0.275 e. The van der Waals surface area contributed by atoms with E-state index in [1.807, 2.05) is 0 Å². The Bertz CT molecular complexity index is 497. The number of nitrogens with one attached hydrogen (secondary N) is 1. The number of phenols is 1. The number of phenolic OH excluding ortho intramolecular Hbond substituents is 1. The zero-order chi connectivity index (χ0) is 14.3. The molecule has 0 saturated carbocycles. The molecule has 0 radical (unpaired) electrons. The first kappa shape index (κ1) is 14.7. The number of para-hydroxylation sites is 1. The van der Waals surface area contributed by atoms with Crippen LogP contribution in [-0.2, 0) is 9.53 Å². The Labute approximate surface area is 111 Å². The second kappa shape index (κ2) is 7.15. The van der Waals surface area contributed by atoms with E-state index in [1.54, 1.807) is 26.0 Å². The number of ketones is 1. The number of Topliss-reactive ketones (excluding diaryl/α,β-unsaturated/α-hetero) is 1. The van der Waals surface area contributed by atoms with E-state index in [9.17, 15) is 14.7 Å². The van der Waals surface area contributed by atoms with Gasteiger partial charge in [0.15, 0.2) is 0 Å². The zero-order valence-corrected chi connectivity index (χ0v) is 10.8. The van der Waals surface area contributed by atoms with Gasteiger partial charge in [-0.25, -0.2) is 5.43 Å². The number of carbonyl (C=O) groups is 2. The molecule has 0 aliphatic carbocycles. The lowest BCUT2D eigenvalue weighted by Crippen LogP contribution is -2.25. The molecule has 19 heavy (non-hydrogen) atoms. The van der Waals surface area contributed by atoms with Crippen LogP contribution in [0.3, 0.4) is 0 Å². The van der Waals surface area contributed by atoms with Crippen molar-refractivity contribution in [3.05, 3.63) is 29.8 Å². The fraction of sp³-hybridized carbons (Fsp3) is 0.308. The molecule has 6 nitrogen and oxygen atoms in total. The van der Waals surface area contributed by atoms with Gasteiger partial charge in [-0.3, -0.25) is 9.59 Å². The highest BCUT2D eigenvalue weighted by molar-refractivity contribution is 6.36. The van der Waals surface area contributed by atoms with Gasteiger partial charge in [-0.2, -0.15) is 0 Å². The van der Waals surface area contributed by atoms with Crippen molar-refractivity contribution >= 4 is 17.6 Å². The highest BCUT2D eigenvalue weighted by Crippen LogP contribution is 2.14. The van der Waals surface area contributed by atoms with Crippen LogP contribution in [0.15, 0.2) is 29.4 Å². The van der Waals surface area contributed by atoms with Crippen LogP contribution in [0.25, 0.3) is 0 Å². The van der Waals surface area contributed by atoms with Gasteiger partial charge >= 0.3 is 0 Å². The van der Waals surface area contributed by atoms with Crippen LogP contribution in [-0.4, -0.2) is 29.3 Å². The summed E-state index contributed by atoms with van der Waals surface area (Å²) in [6, 6.07) is 6.04. The molecule has 0 bridgehead atoms. The molecule has 1 amide bonds. The molecule has 0 unspecified atom stereocenters. The SMILES string of the molecule is CCOC(=NNC(=O)c1ccccc1O)C(=O)CC. The van der Waals surface area contributed by atoms with Gasteiger partial charge in [0.25, 0.3) is 11.8 Å². The van der Waals surface area contributed by atoms with Crippen LogP contribution < -0.4 is 5.43 Å². The minimum Gasteiger partial charge on any atom is -0.507 e. The van der Waals surface area contributed by atoms with E-state index >= 15 is 0 Å². The standard InChI is InChI=1S/C13H16N2O4/c1-3-10(16)13(19-4-2)15-14-12(18)9-7-5-6-8-11(9)17/h5-8,17H,3-4H2,1-2H3,(H,14,18). The highest BCUT2D eigenvalue weighted by atomic mass is 16.5. The number of amides is 1. The average molecular weight is 264 g/mol. The minimum absolute atomic E-state index is 0.0750. The van der Waals surface area contributed by atoms with Crippen molar-refractivity contribution in [1.82, 2.24) is 5.43 Å². The number of hydrazone groups is 1. The highest BCUT2D eigenvalue weighted by Gasteiger charge is 2.13. The first-order valence-corrected chi connectivity index (χ1v) is 5.92. The molecular weight excluding hydrogens is 248 g/mol. The maximum atomic E-state index is 11.7. The normalized spacial score (nSPS) is 10.9. The minimum atomic E-state index is -0.612. The third-order valence-corrected chi connectivity index (χ3v) is 2.25. The maximum Gasteiger partial charge on any atom is 0.275 e. The van der Waals surface area contributed by atoms with Gasteiger partial charge in [0.1, 0.15) is 5.75 Å². The number of aromatic hydroxyl groups is 1. The van der Waals surface area contributed by atoms with Crippen molar-refractivity contribution in [2.75, 3.05) is 6.61 Å². The van der Waals surface area contributed by atoms with Gasteiger partial charge in [0, 0.05) is 6.42 Å². The van der Waals surface area contributed by atoms with Crippen molar-refractivity contribution in [3.8, 4) is 5.75 Å². The van der Waals surface area contributed by atoms with Crippen molar-refractivity contribution in [2.24, 2.45) is 5.10 Å². The van der Waals surface area contributed by atoms with Gasteiger partial charge in [-0.1, -0.05) is 19.1 Å². The molecular formula is C13H16N2O4. The summed E-state index contributed by atoms with van der Waals surface area (Å²) in [6.07, 6.45) is 0.227. The second-order valence-corrected chi connectivity index (χ2v) is 3.58. The molecule has 6 heteroatoms. The van der Waals surface area contributed by atoms with Crippen LogP contribution in [0, 0.1) is 0 Å². The van der Waals surface area contributed by atoms with Crippen LogP contribution in [0.5, 0.6) is 5.75 Å². The van der Waals surface area contributed by atoms with E-state index in [2.05, 4.69) is 10.5 Å². The summed E-state index contributed by atoms with van der Waals surface area (Å²) in [5.74, 6) is -1.22. The lowest BCUT2D eigenvalue weighted by atomic mass is 10.2. The Kier molecular flexibility index (Phi) is 5.53. The second-order valence-electron chi connectivity index (χ2n) is 3.58. The molecule has 102 valence electrons. The third-order valence-electron chi connectivity index (χ3n) is 2.25. The van der Waals surface area contributed by atoms with Crippen LogP contribution >= 0.6 is 0 Å².